The van der Waals surface area contributed by atoms with Gasteiger partial charge in [-0.1, -0.05) is 18.2 Å². The van der Waals surface area contributed by atoms with Crippen molar-refractivity contribution in [2.45, 2.75) is 13.0 Å². The number of aromatic nitrogens is 1. The van der Waals surface area contributed by atoms with E-state index in [1.165, 1.54) is 4.88 Å². The maximum atomic E-state index is 12.0. The molecule has 0 atom stereocenters. The van der Waals surface area contributed by atoms with E-state index in [1.807, 2.05) is 18.2 Å². The monoisotopic (exact) mass is 273 g/mol. The van der Waals surface area contributed by atoms with E-state index in [1.54, 1.807) is 23.5 Å². The Morgan fingerprint density at radius 3 is 2.95 bits per heavy atom. The average molecular weight is 273 g/mol. The summed E-state index contributed by atoms with van der Waals surface area (Å²) in [6.07, 6.45) is 0.962. The Bertz CT molecular complexity index is 594. The second-order valence-corrected chi connectivity index (χ2v) is 5.78. The molecule has 1 aliphatic rings. The number of anilines is 1. The number of fused-ring (bicyclic) bond motifs is 1. The number of amides is 1. The van der Waals surface area contributed by atoms with Crippen LogP contribution in [0, 0.1) is 0 Å². The Balaban J connectivity index is 1.76. The van der Waals surface area contributed by atoms with E-state index in [2.05, 4.69) is 22.2 Å². The van der Waals surface area contributed by atoms with E-state index in [-0.39, 0.29) is 5.91 Å². The fraction of sp³-hybridized carbons (Fsp3) is 0.286. The fourth-order valence-corrected chi connectivity index (χ4v) is 3.22. The quantitative estimate of drug-likeness (QED) is 0.913. The molecule has 0 spiro atoms. The number of rotatable bonds is 2. The normalized spacial score (nSPS) is 15.0. The van der Waals surface area contributed by atoms with Gasteiger partial charge in [0, 0.05) is 30.0 Å². The molecule has 5 heteroatoms. The first-order valence-electron chi connectivity index (χ1n) is 6.26. The van der Waals surface area contributed by atoms with Gasteiger partial charge in [-0.15, -0.1) is 11.3 Å². The third-order valence-electron chi connectivity index (χ3n) is 3.18. The van der Waals surface area contributed by atoms with Crippen molar-refractivity contribution in [2.75, 3.05) is 18.9 Å². The second-order valence-electron chi connectivity index (χ2n) is 4.70. The molecule has 1 aromatic carbocycles. The Kier molecular flexibility index (Phi) is 3.31. The highest BCUT2D eigenvalue weighted by Crippen LogP contribution is 2.27. The van der Waals surface area contributed by atoms with Gasteiger partial charge in [-0.3, -0.25) is 10.1 Å². The van der Waals surface area contributed by atoms with Crippen LogP contribution in [-0.4, -0.2) is 29.4 Å². The van der Waals surface area contributed by atoms with Crippen molar-refractivity contribution in [1.29, 1.82) is 0 Å². The van der Waals surface area contributed by atoms with E-state index < -0.39 is 0 Å². The van der Waals surface area contributed by atoms with Gasteiger partial charge in [0.15, 0.2) is 5.13 Å². The molecule has 98 valence electrons. The van der Waals surface area contributed by atoms with Gasteiger partial charge in [-0.2, -0.15) is 0 Å². The number of benzene rings is 1. The minimum atomic E-state index is -0.0972. The SMILES string of the molecule is CN1CCc2nc(NC(=O)c3ccccc3)sc2C1. The summed E-state index contributed by atoms with van der Waals surface area (Å²) in [6.45, 7) is 1.96. The summed E-state index contributed by atoms with van der Waals surface area (Å²) in [7, 11) is 2.10. The van der Waals surface area contributed by atoms with Gasteiger partial charge < -0.3 is 4.90 Å². The smallest absolute Gasteiger partial charge is 0.257 e. The maximum absolute atomic E-state index is 12.0. The van der Waals surface area contributed by atoms with Crippen LogP contribution >= 0.6 is 11.3 Å². The topological polar surface area (TPSA) is 45.2 Å². The Morgan fingerprint density at radius 1 is 1.37 bits per heavy atom. The highest BCUT2D eigenvalue weighted by Gasteiger charge is 2.19. The third kappa shape index (κ3) is 2.67. The first kappa shape index (κ1) is 12.3. The minimum absolute atomic E-state index is 0.0972. The predicted octanol–water partition coefficient (Wildman–Crippen LogP) is 2.38. The summed E-state index contributed by atoms with van der Waals surface area (Å²) in [5.74, 6) is -0.0972. The van der Waals surface area contributed by atoms with Gasteiger partial charge in [0.25, 0.3) is 5.91 Å². The Hall–Kier alpha value is -1.72. The lowest BCUT2D eigenvalue weighted by molar-refractivity contribution is 0.102. The van der Waals surface area contributed by atoms with Gasteiger partial charge in [0.05, 0.1) is 5.69 Å². The molecule has 0 fully saturated rings. The van der Waals surface area contributed by atoms with Crippen molar-refractivity contribution >= 4 is 22.4 Å². The highest BCUT2D eigenvalue weighted by molar-refractivity contribution is 7.15. The summed E-state index contributed by atoms with van der Waals surface area (Å²) in [6, 6.07) is 9.22. The Labute approximate surface area is 116 Å². The van der Waals surface area contributed by atoms with Crippen LogP contribution in [0.25, 0.3) is 0 Å². The molecule has 0 radical (unpaired) electrons. The number of nitrogens with zero attached hydrogens (tertiary/aromatic N) is 2. The molecule has 3 rings (SSSR count). The number of likely N-dealkylation sites (N-methyl/N-ethyl adjacent to an activating group) is 1. The van der Waals surface area contributed by atoms with Gasteiger partial charge in [-0.25, -0.2) is 4.98 Å². The summed E-state index contributed by atoms with van der Waals surface area (Å²) < 4.78 is 0. The molecule has 19 heavy (non-hydrogen) atoms. The summed E-state index contributed by atoms with van der Waals surface area (Å²) >= 11 is 1.58. The van der Waals surface area contributed by atoms with Crippen LogP contribution in [-0.2, 0) is 13.0 Å². The van der Waals surface area contributed by atoms with Crippen LogP contribution in [0.4, 0.5) is 5.13 Å². The molecule has 2 heterocycles. The van der Waals surface area contributed by atoms with Crippen LogP contribution in [0.2, 0.25) is 0 Å². The molecule has 1 aliphatic heterocycles. The molecule has 0 bridgehead atoms. The largest absolute Gasteiger partial charge is 0.301 e. The molecule has 1 N–H and O–H groups in total. The van der Waals surface area contributed by atoms with E-state index in [9.17, 15) is 4.79 Å². The van der Waals surface area contributed by atoms with Crippen molar-refractivity contribution < 1.29 is 4.79 Å². The van der Waals surface area contributed by atoms with Crippen LogP contribution in [0.5, 0.6) is 0 Å². The van der Waals surface area contributed by atoms with E-state index in [4.69, 9.17) is 0 Å². The lowest BCUT2D eigenvalue weighted by atomic mass is 10.2. The predicted molar refractivity (Wildman–Crippen MR) is 76.5 cm³/mol. The molecule has 1 amide bonds. The zero-order chi connectivity index (χ0) is 13.2. The van der Waals surface area contributed by atoms with E-state index in [0.29, 0.717) is 10.7 Å². The van der Waals surface area contributed by atoms with Crippen molar-refractivity contribution in [1.82, 2.24) is 9.88 Å². The van der Waals surface area contributed by atoms with Crippen LogP contribution in [0.15, 0.2) is 30.3 Å². The molecule has 0 saturated carbocycles. The molecular weight excluding hydrogens is 258 g/mol. The number of thiazole rings is 1. The van der Waals surface area contributed by atoms with Crippen molar-refractivity contribution in [3.63, 3.8) is 0 Å². The summed E-state index contributed by atoms with van der Waals surface area (Å²) in [5, 5.41) is 3.58. The lowest BCUT2D eigenvalue weighted by Crippen LogP contribution is -2.25. The zero-order valence-electron chi connectivity index (χ0n) is 10.7. The van der Waals surface area contributed by atoms with Gasteiger partial charge in [0.1, 0.15) is 0 Å². The molecule has 0 aliphatic carbocycles. The van der Waals surface area contributed by atoms with Gasteiger partial charge in [-0.05, 0) is 19.2 Å². The lowest BCUT2D eigenvalue weighted by Gasteiger charge is -2.20. The summed E-state index contributed by atoms with van der Waals surface area (Å²) in [5.41, 5.74) is 1.79. The molecule has 4 nitrogen and oxygen atoms in total. The standard InChI is InChI=1S/C14H15N3OS/c1-17-8-7-11-12(9-17)19-14(15-11)16-13(18)10-5-3-2-4-6-10/h2-6H,7-9H2,1H3,(H,15,16,18). The molecule has 2 aromatic rings. The van der Waals surface area contributed by atoms with E-state index in [0.717, 1.165) is 25.2 Å². The molecule has 0 unspecified atom stereocenters. The zero-order valence-corrected chi connectivity index (χ0v) is 11.5. The first-order chi connectivity index (χ1) is 9.22. The average Bonchev–Trinajstić information content (AvgIpc) is 2.81. The van der Waals surface area contributed by atoms with Crippen molar-refractivity contribution in [3.05, 3.63) is 46.5 Å². The van der Waals surface area contributed by atoms with Crippen LogP contribution in [0.1, 0.15) is 20.9 Å². The van der Waals surface area contributed by atoms with Crippen LogP contribution in [0.3, 0.4) is 0 Å². The van der Waals surface area contributed by atoms with E-state index >= 15 is 0 Å². The number of nitrogens with one attached hydrogen (secondary N) is 1. The van der Waals surface area contributed by atoms with Crippen LogP contribution < -0.4 is 5.32 Å². The van der Waals surface area contributed by atoms with Crippen molar-refractivity contribution in [3.8, 4) is 0 Å². The molecule has 0 saturated heterocycles. The molecular formula is C14H15N3OS. The van der Waals surface area contributed by atoms with Gasteiger partial charge in [0.2, 0.25) is 0 Å². The minimum Gasteiger partial charge on any atom is -0.301 e. The van der Waals surface area contributed by atoms with Gasteiger partial charge >= 0.3 is 0 Å². The second kappa shape index (κ2) is 5.11. The number of hydrogen-bond donors (Lipinski definition) is 1. The third-order valence-corrected chi connectivity index (χ3v) is 4.18. The fourth-order valence-electron chi connectivity index (χ4n) is 2.14. The number of hydrogen-bond acceptors (Lipinski definition) is 4. The Morgan fingerprint density at radius 2 is 2.16 bits per heavy atom. The summed E-state index contributed by atoms with van der Waals surface area (Å²) in [4.78, 5) is 20.1. The highest BCUT2D eigenvalue weighted by atomic mass is 32.1. The molecule has 1 aromatic heterocycles. The number of carbonyl (C=O) groups excluding carboxylic acids is 1. The maximum Gasteiger partial charge on any atom is 0.257 e. The number of carbonyl (C=O) groups is 1. The first-order valence-corrected chi connectivity index (χ1v) is 7.07. The van der Waals surface area contributed by atoms with Crippen molar-refractivity contribution in [2.24, 2.45) is 0 Å².